The molecule has 2 amide bonds. The lowest BCUT2D eigenvalue weighted by molar-refractivity contribution is -0.265. The molecule has 1 saturated carbocycles. The van der Waals surface area contributed by atoms with Gasteiger partial charge in [0.05, 0.1) is 38.4 Å². The maximum atomic E-state index is 14.8. The fourth-order valence-corrected chi connectivity index (χ4v) is 5.05. The molecule has 14 heteroatoms. The number of hydrogen-bond acceptors (Lipinski definition) is 7. The minimum Gasteiger partial charge on any atom is -0.494 e. The molecule has 10 nitrogen and oxygen atoms in total. The van der Waals surface area contributed by atoms with E-state index in [0.717, 1.165) is 31.0 Å². The average Bonchev–Trinajstić information content (AvgIpc) is 3.78. The van der Waals surface area contributed by atoms with Crippen molar-refractivity contribution in [3.63, 3.8) is 0 Å². The Morgan fingerprint density at radius 2 is 1.80 bits per heavy atom. The molecule has 2 heterocycles. The largest absolute Gasteiger partial charge is 0.494 e. The van der Waals surface area contributed by atoms with Gasteiger partial charge in [-0.3, -0.25) is 14.3 Å². The summed E-state index contributed by atoms with van der Waals surface area (Å²) in [5, 5.41) is 21.2. The van der Waals surface area contributed by atoms with Crippen molar-refractivity contribution in [2.75, 3.05) is 26.8 Å². The summed E-state index contributed by atoms with van der Waals surface area (Å²) in [6, 6.07) is 8.81. The van der Waals surface area contributed by atoms with E-state index in [9.17, 15) is 32.3 Å². The number of aliphatic hydroxyl groups is 1. The number of carbonyl (C=O) groups is 2. The summed E-state index contributed by atoms with van der Waals surface area (Å²) in [5.41, 5.74) is -4.05. The molecule has 0 saturated heterocycles. The van der Waals surface area contributed by atoms with Gasteiger partial charge in [0.2, 0.25) is 11.5 Å². The van der Waals surface area contributed by atoms with Gasteiger partial charge in [0, 0.05) is 34.8 Å². The van der Waals surface area contributed by atoms with Crippen LogP contribution in [0.2, 0.25) is 0 Å². The second-order valence-corrected chi connectivity index (χ2v) is 10.9. The van der Waals surface area contributed by atoms with Gasteiger partial charge >= 0.3 is 6.18 Å². The minimum atomic E-state index is -5.34. The number of ether oxygens (including phenoxy) is 2. The zero-order valence-electron chi connectivity index (χ0n) is 25.4. The van der Waals surface area contributed by atoms with Crippen molar-refractivity contribution in [1.29, 1.82) is 0 Å². The number of alkyl halides is 3. The highest BCUT2D eigenvalue weighted by Crippen LogP contribution is 2.42. The van der Waals surface area contributed by atoms with Gasteiger partial charge in [0.1, 0.15) is 28.5 Å². The number of amides is 2. The van der Waals surface area contributed by atoms with Crippen LogP contribution in [0.5, 0.6) is 11.5 Å². The molecule has 2 aromatic heterocycles. The van der Waals surface area contributed by atoms with Gasteiger partial charge in [-0.2, -0.15) is 18.3 Å². The van der Waals surface area contributed by atoms with Gasteiger partial charge in [0.15, 0.2) is 0 Å². The summed E-state index contributed by atoms with van der Waals surface area (Å²) in [4.78, 5) is 30.0. The summed E-state index contributed by atoms with van der Waals surface area (Å²) in [5.74, 6) is -1.74. The van der Waals surface area contributed by atoms with Crippen molar-refractivity contribution >= 4 is 22.7 Å². The molecule has 0 radical (unpaired) electrons. The van der Waals surface area contributed by atoms with Crippen LogP contribution in [0.15, 0.2) is 48.7 Å². The number of benzene rings is 2. The second-order valence-electron chi connectivity index (χ2n) is 10.9. The van der Waals surface area contributed by atoms with Gasteiger partial charge in [0.25, 0.3) is 5.91 Å². The topological polar surface area (TPSA) is 128 Å². The van der Waals surface area contributed by atoms with E-state index < -0.39 is 48.1 Å². The molecule has 1 aliphatic rings. The van der Waals surface area contributed by atoms with E-state index in [1.54, 1.807) is 24.7 Å². The summed E-state index contributed by atoms with van der Waals surface area (Å²) >= 11 is 0. The zero-order chi connectivity index (χ0) is 33.2. The summed E-state index contributed by atoms with van der Waals surface area (Å²) in [6.07, 6.45) is -2.06. The Kier molecular flexibility index (Phi) is 9.20. The quantitative estimate of drug-likeness (QED) is 0.189. The van der Waals surface area contributed by atoms with Crippen LogP contribution < -0.4 is 20.1 Å². The summed E-state index contributed by atoms with van der Waals surface area (Å²) in [6.45, 7) is 2.35. The van der Waals surface area contributed by atoms with Crippen molar-refractivity contribution in [2.24, 2.45) is 0 Å². The third-order valence-corrected chi connectivity index (χ3v) is 7.57. The molecule has 2 aromatic carbocycles. The van der Waals surface area contributed by atoms with Crippen LogP contribution in [0.4, 0.5) is 17.6 Å². The molecule has 244 valence electrons. The fraction of sp³-hybridized carbons (Fsp3) is 0.375. The van der Waals surface area contributed by atoms with Crippen LogP contribution in [0.25, 0.3) is 22.2 Å². The molecule has 0 bridgehead atoms. The van der Waals surface area contributed by atoms with Gasteiger partial charge in [-0.05, 0) is 69.2 Å². The number of halogens is 4. The zero-order valence-corrected chi connectivity index (χ0v) is 25.4. The lowest BCUT2D eigenvalue weighted by atomic mass is 9.93. The van der Waals surface area contributed by atoms with Crippen molar-refractivity contribution in [3.8, 4) is 22.8 Å². The van der Waals surface area contributed by atoms with E-state index >= 15 is 0 Å². The third-order valence-electron chi connectivity index (χ3n) is 7.57. The second kappa shape index (κ2) is 12.9. The standard InChI is InChI=1S/C32H33F4N5O5/c1-4-37-26(42)15-19-14-25(39-28(29(19)46-5-2)18-6-8-22(33)9-7-18)31(44,32(34,35)36)17-38-30(43)20-12-21-16-41(23-10-11-23)40-27(21)24(13-20)45-3/h6-9,12-14,16,23,44H,4-5,10-11,15,17H2,1-3H3,(H,37,42)(H,38,43)/t31-/m0/s1. The Morgan fingerprint density at radius 1 is 1.09 bits per heavy atom. The predicted molar refractivity (Wildman–Crippen MR) is 160 cm³/mol. The first-order chi connectivity index (χ1) is 21.9. The van der Waals surface area contributed by atoms with Crippen molar-refractivity contribution in [1.82, 2.24) is 25.4 Å². The molecule has 0 spiro atoms. The molecular weight excluding hydrogens is 610 g/mol. The van der Waals surface area contributed by atoms with Crippen molar-refractivity contribution in [2.45, 2.75) is 50.9 Å². The number of rotatable bonds is 12. The van der Waals surface area contributed by atoms with E-state index in [2.05, 4.69) is 20.7 Å². The summed E-state index contributed by atoms with van der Waals surface area (Å²) < 4.78 is 71.0. The van der Waals surface area contributed by atoms with Crippen LogP contribution in [-0.4, -0.2) is 64.7 Å². The number of pyridine rings is 1. The summed E-state index contributed by atoms with van der Waals surface area (Å²) in [7, 11) is 1.39. The number of hydrogen-bond donors (Lipinski definition) is 3. The first kappa shape index (κ1) is 32.7. The van der Waals surface area contributed by atoms with Crippen LogP contribution in [0, 0.1) is 5.82 Å². The van der Waals surface area contributed by atoms with E-state index in [-0.39, 0.29) is 53.1 Å². The fourth-order valence-electron chi connectivity index (χ4n) is 5.05. The van der Waals surface area contributed by atoms with Crippen LogP contribution >= 0.6 is 0 Å². The lowest BCUT2D eigenvalue weighted by Gasteiger charge is -2.31. The number of methoxy groups -OCH3 is 1. The number of carbonyl (C=O) groups excluding carboxylic acids is 2. The van der Waals surface area contributed by atoms with Gasteiger partial charge in [-0.25, -0.2) is 9.37 Å². The molecule has 3 N–H and O–H groups in total. The van der Waals surface area contributed by atoms with E-state index in [0.29, 0.717) is 10.9 Å². The highest BCUT2D eigenvalue weighted by Gasteiger charge is 2.56. The van der Waals surface area contributed by atoms with Crippen molar-refractivity contribution < 1.29 is 41.7 Å². The molecule has 5 rings (SSSR count). The first-order valence-electron chi connectivity index (χ1n) is 14.7. The van der Waals surface area contributed by atoms with E-state index in [1.165, 1.54) is 31.4 Å². The van der Waals surface area contributed by atoms with Crippen LogP contribution in [0.3, 0.4) is 0 Å². The normalized spacial score (nSPS) is 14.5. The van der Waals surface area contributed by atoms with Gasteiger partial charge in [-0.15, -0.1) is 0 Å². The number of aromatic nitrogens is 3. The maximum Gasteiger partial charge on any atom is 0.424 e. The smallest absolute Gasteiger partial charge is 0.424 e. The molecule has 46 heavy (non-hydrogen) atoms. The molecule has 4 aromatic rings. The Balaban J connectivity index is 1.55. The maximum absolute atomic E-state index is 14.8. The van der Waals surface area contributed by atoms with E-state index in [1.807, 2.05) is 0 Å². The molecular formula is C32H33F4N5O5. The Labute approximate surface area is 261 Å². The molecule has 1 aliphatic carbocycles. The SMILES string of the molecule is CCNC(=O)Cc1cc([C@@](O)(CNC(=O)c2cc(OC)c3nn(C4CC4)cc3c2)C(F)(F)F)nc(-c2ccc(F)cc2)c1OCC. The van der Waals surface area contributed by atoms with Gasteiger partial charge in [-0.1, -0.05) is 0 Å². The monoisotopic (exact) mass is 643 g/mol. The third kappa shape index (κ3) is 6.62. The Morgan fingerprint density at radius 3 is 2.41 bits per heavy atom. The first-order valence-corrected chi connectivity index (χ1v) is 14.7. The number of nitrogens with zero attached hydrogens (tertiary/aromatic N) is 3. The van der Waals surface area contributed by atoms with Gasteiger partial charge < -0.3 is 25.2 Å². The number of nitrogens with one attached hydrogen (secondary N) is 2. The van der Waals surface area contributed by atoms with E-state index in [4.69, 9.17) is 9.47 Å². The van der Waals surface area contributed by atoms with Crippen LogP contribution in [0.1, 0.15) is 54.3 Å². The number of fused-ring (bicyclic) bond motifs is 1. The molecule has 1 atom stereocenters. The Hall–Kier alpha value is -4.72. The molecule has 0 aliphatic heterocycles. The highest BCUT2D eigenvalue weighted by molar-refractivity contribution is 6.00. The highest BCUT2D eigenvalue weighted by atomic mass is 19.4. The molecule has 1 fully saturated rings. The predicted octanol–water partition coefficient (Wildman–Crippen LogP) is 4.84. The van der Waals surface area contributed by atoms with Crippen LogP contribution in [-0.2, 0) is 16.8 Å². The minimum absolute atomic E-state index is 0.00446. The average molecular weight is 644 g/mol. The Bertz CT molecular complexity index is 1750. The lowest BCUT2D eigenvalue weighted by Crippen LogP contribution is -2.51. The van der Waals surface area contributed by atoms with Crippen molar-refractivity contribution in [3.05, 3.63) is 71.3 Å². The number of likely N-dealkylation sites (N-methyl/N-ethyl adjacent to an activating group) is 1. The molecule has 0 unspecified atom stereocenters.